The van der Waals surface area contributed by atoms with Crippen LogP contribution in [0.1, 0.15) is 61.7 Å². The minimum atomic E-state index is 0.711. The number of hydrogen-bond donors (Lipinski definition) is 1. The lowest BCUT2D eigenvalue weighted by Crippen LogP contribution is -2.25. The predicted molar refractivity (Wildman–Crippen MR) is 80.0 cm³/mol. The first kappa shape index (κ1) is 14.1. The van der Waals surface area contributed by atoms with Crippen LogP contribution in [-0.4, -0.2) is 29.8 Å². The van der Waals surface area contributed by atoms with Gasteiger partial charge in [-0.2, -0.15) is 0 Å². The van der Waals surface area contributed by atoms with Crippen molar-refractivity contribution in [2.24, 2.45) is 0 Å². The van der Waals surface area contributed by atoms with Crippen molar-refractivity contribution >= 4 is 0 Å². The molecule has 3 rings (SSSR count). The van der Waals surface area contributed by atoms with Crippen LogP contribution in [0.5, 0.6) is 0 Å². The first-order chi connectivity index (χ1) is 9.90. The van der Waals surface area contributed by atoms with Gasteiger partial charge in [0.1, 0.15) is 5.82 Å². The second-order valence-electron chi connectivity index (χ2n) is 6.12. The van der Waals surface area contributed by atoms with Crippen molar-refractivity contribution in [3.05, 3.63) is 17.2 Å². The molecular weight excluding hydrogens is 250 g/mol. The Bertz CT molecular complexity index is 435. The molecule has 1 aliphatic heterocycles. The number of nitrogens with zero attached hydrogens (tertiary/aromatic N) is 2. The highest BCUT2D eigenvalue weighted by atomic mass is 16.5. The Labute approximate surface area is 121 Å². The van der Waals surface area contributed by atoms with Gasteiger partial charge in [0, 0.05) is 51.4 Å². The normalized spacial score (nSPS) is 19.4. The van der Waals surface area contributed by atoms with Gasteiger partial charge < -0.3 is 14.6 Å². The quantitative estimate of drug-likeness (QED) is 0.812. The molecule has 2 heterocycles. The third kappa shape index (κ3) is 2.91. The van der Waals surface area contributed by atoms with Gasteiger partial charge in [-0.3, -0.25) is 0 Å². The number of fused-ring (bicyclic) bond motifs is 1. The number of imidazole rings is 1. The van der Waals surface area contributed by atoms with Crippen LogP contribution in [0.25, 0.3) is 0 Å². The molecule has 4 nitrogen and oxygen atoms in total. The number of methoxy groups -OCH3 is 1. The molecular formula is C16H27N3O. The number of hydrogen-bond acceptors (Lipinski definition) is 3. The van der Waals surface area contributed by atoms with Crippen molar-refractivity contribution in [2.45, 2.75) is 64.0 Å². The number of ether oxygens (including phenoxy) is 1. The number of unbranched alkanes of at least 4 members (excludes halogenated alkanes) is 1. The van der Waals surface area contributed by atoms with E-state index in [4.69, 9.17) is 9.72 Å². The average Bonchev–Trinajstić information content (AvgIpc) is 3.11. The van der Waals surface area contributed by atoms with Crippen molar-refractivity contribution in [1.82, 2.24) is 14.9 Å². The number of aromatic nitrogens is 2. The molecule has 0 atom stereocenters. The third-order valence-corrected chi connectivity index (χ3v) is 4.72. The van der Waals surface area contributed by atoms with Gasteiger partial charge in [0.25, 0.3) is 0 Å². The molecule has 112 valence electrons. The largest absolute Gasteiger partial charge is 0.385 e. The van der Waals surface area contributed by atoms with E-state index in [1.807, 2.05) is 0 Å². The number of rotatable bonds is 6. The molecule has 0 bridgehead atoms. The van der Waals surface area contributed by atoms with Crippen molar-refractivity contribution < 1.29 is 4.74 Å². The van der Waals surface area contributed by atoms with Crippen LogP contribution in [0.4, 0.5) is 0 Å². The van der Waals surface area contributed by atoms with E-state index in [0.29, 0.717) is 5.92 Å². The van der Waals surface area contributed by atoms with E-state index in [0.717, 1.165) is 39.1 Å². The average molecular weight is 277 g/mol. The van der Waals surface area contributed by atoms with Crippen molar-refractivity contribution in [3.8, 4) is 0 Å². The molecule has 1 aromatic heterocycles. The summed E-state index contributed by atoms with van der Waals surface area (Å²) in [7, 11) is 1.79. The molecule has 0 radical (unpaired) electrons. The lowest BCUT2D eigenvalue weighted by atomic mass is 10.1. The molecule has 0 amide bonds. The molecule has 1 N–H and O–H groups in total. The summed E-state index contributed by atoms with van der Waals surface area (Å²) in [4.78, 5) is 5.00. The fourth-order valence-corrected chi connectivity index (χ4v) is 3.65. The van der Waals surface area contributed by atoms with Gasteiger partial charge in [-0.1, -0.05) is 12.8 Å². The molecule has 0 aromatic carbocycles. The fraction of sp³-hybridized carbons (Fsp3) is 0.812. The van der Waals surface area contributed by atoms with Crippen molar-refractivity contribution in [2.75, 3.05) is 20.3 Å². The van der Waals surface area contributed by atoms with E-state index < -0.39 is 0 Å². The van der Waals surface area contributed by atoms with Crippen LogP contribution in [0.3, 0.4) is 0 Å². The van der Waals surface area contributed by atoms with Gasteiger partial charge in [-0.25, -0.2) is 4.98 Å². The van der Waals surface area contributed by atoms with Gasteiger partial charge >= 0.3 is 0 Å². The summed E-state index contributed by atoms with van der Waals surface area (Å²) in [5.74, 6) is 2.09. The summed E-state index contributed by atoms with van der Waals surface area (Å²) < 4.78 is 7.73. The van der Waals surface area contributed by atoms with Crippen LogP contribution < -0.4 is 5.32 Å². The Morgan fingerprint density at radius 2 is 2.15 bits per heavy atom. The van der Waals surface area contributed by atoms with E-state index in [1.165, 1.54) is 49.3 Å². The summed E-state index contributed by atoms with van der Waals surface area (Å²) in [6.45, 7) is 4.05. The first-order valence-electron chi connectivity index (χ1n) is 8.18. The highest BCUT2D eigenvalue weighted by Crippen LogP contribution is 2.35. The monoisotopic (exact) mass is 277 g/mol. The Kier molecular flexibility index (Phi) is 4.73. The predicted octanol–water partition coefficient (Wildman–Crippen LogP) is 2.61. The third-order valence-electron chi connectivity index (χ3n) is 4.72. The standard InChI is InChI=1S/C16H27N3O/c1-20-11-5-4-10-19-15-8-9-17-12-14(15)18-16(19)13-6-2-3-7-13/h13,17H,2-12H2,1H3. The molecule has 1 aliphatic carbocycles. The summed E-state index contributed by atoms with van der Waals surface area (Å²) in [5.41, 5.74) is 2.81. The zero-order valence-electron chi connectivity index (χ0n) is 12.7. The van der Waals surface area contributed by atoms with Crippen LogP contribution in [0.15, 0.2) is 0 Å². The van der Waals surface area contributed by atoms with Crippen LogP contribution in [-0.2, 0) is 24.2 Å². The minimum absolute atomic E-state index is 0.711. The Hall–Kier alpha value is -0.870. The maximum Gasteiger partial charge on any atom is 0.112 e. The van der Waals surface area contributed by atoms with E-state index in [-0.39, 0.29) is 0 Å². The van der Waals surface area contributed by atoms with Crippen LogP contribution >= 0.6 is 0 Å². The summed E-state index contributed by atoms with van der Waals surface area (Å²) >= 11 is 0. The smallest absolute Gasteiger partial charge is 0.112 e. The van der Waals surface area contributed by atoms with Crippen molar-refractivity contribution in [3.63, 3.8) is 0 Å². The van der Waals surface area contributed by atoms with E-state index in [2.05, 4.69) is 9.88 Å². The SMILES string of the molecule is COCCCCn1c(C2CCCC2)nc2c1CCNC2. The maximum atomic E-state index is 5.17. The Morgan fingerprint density at radius 1 is 1.30 bits per heavy atom. The second kappa shape index (κ2) is 6.72. The molecule has 2 aliphatic rings. The van der Waals surface area contributed by atoms with E-state index in [1.54, 1.807) is 7.11 Å². The Balaban J connectivity index is 1.78. The second-order valence-corrected chi connectivity index (χ2v) is 6.12. The fourth-order valence-electron chi connectivity index (χ4n) is 3.65. The first-order valence-corrected chi connectivity index (χ1v) is 8.18. The van der Waals surface area contributed by atoms with Gasteiger partial charge in [-0.05, 0) is 25.7 Å². The zero-order chi connectivity index (χ0) is 13.8. The van der Waals surface area contributed by atoms with E-state index >= 15 is 0 Å². The van der Waals surface area contributed by atoms with Crippen molar-refractivity contribution in [1.29, 1.82) is 0 Å². The molecule has 1 saturated carbocycles. The van der Waals surface area contributed by atoms with Crippen LogP contribution in [0, 0.1) is 0 Å². The van der Waals surface area contributed by atoms with Crippen LogP contribution in [0.2, 0.25) is 0 Å². The highest BCUT2D eigenvalue weighted by molar-refractivity contribution is 5.22. The number of nitrogens with one attached hydrogen (secondary N) is 1. The van der Waals surface area contributed by atoms with Gasteiger partial charge in [0.15, 0.2) is 0 Å². The minimum Gasteiger partial charge on any atom is -0.385 e. The highest BCUT2D eigenvalue weighted by Gasteiger charge is 2.26. The summed E-state index contributed by atoms with van der Waals surface area (Å²) in [6, 6.07) is 0. The summed E-state index contributed by atoms with van der Waals surface area (Å²) in [6.07, 6.45) is 8.91. The lowest BCUT2D eigenvalue weighted by molar-refractivity contribution is 0.191. The Morgan fingerprint density at radius 3 is 2.95 bits per heavy atom. The molecule has 0 saturated heterocycles. The lowest BCUT2D eigenvalue weighted by Gasteiger charge is -2.18. The van der Waals surface area contributed by atoms with Gasteiger partial charge in [0.05, 0.1) is 5.69 Å². The molecule has 1 aromatic rings. The molecule has 1 fully saturated rings. The molecule has 0 spiro atoms. The van der Waals surface area contributed by atoms with E-state index in [9.17, 15) is 0 Å². The summed E-state index contributed by atoms with van der Waals surface area (Å²) in [5, 5.41) is 3.45. The van der Waals surface area contributed by atoms with Gasteiger partial charge in [0.2, 0.25) is 0 Å². The topological polar surface area (TPSA) is 39.1 Å². The molecule has 4 heteroatoms. The maximum absolute atomic E-state index is 5.17. The van der Waals surface area contributed by atoms with Gasteiger partial charge in [-0.15, -0.1) is 0 Å². The zero-order valence-corrected chi connectivity index (χ0v) is 12.7. The molecule has 20 heavy (non-hydrogen) atoms. The molecule has 0 unspecified atom stereocenters.